The van der Waals surface area contributed by atoms with Crippen LogP contribution in [0.1, 0.15) is 47.0 Å². The maximum absolute atomic E-state index is 10.3. The number of rotatable bonds is 1. The number of hydrogen-bond donors (Lipinski definition) is 1. The summed E-state index contributed by atoms with van der Waals surface area (Å²) in [6.07, 6.45) is 3.33. The van der Waals surface area contributed by atoms with Crippen molar-refractivity contribution < 1.29 is 5.11 Å². The zero-order chi connectivity index (χ0) is 8.70. The van der Waals surface area contributed by atoms with Gasteiger partial charge in [-0.2, -0.15) is 0 Å². The molecule has 1 heteroatoms. The van der Waals surface area contributed by atoms with Gasteiger partial charge in [-0.25, -0.2) is 0 Å². The second-order valence-electron chi connectivity index (χ2n) is 4.82. The van der Waals surface area contributed by atoms with Crippen LogP contribution >= 0.6 is 0 Å². The van der Waals surface area contributed by atoms with E-state index in [2.05, 4.69) is 27.7 Å². The lowest BCUT2D eigenvalue weighted by molar-refractivity contribution is -0.0799. The lowest BCUT2D eigenvalue weighted by Gasteiger charge is -2.40. The fourth-order valence-electron chi connectivity index (χ4n) is 2.42. The van der Waals surface area contributed by atoms with Crippen LogP contribution in [0, 0.1) is 11.3 Å². The van der Waals surface area contributed by atoms with Crippen LogP contribution < -0.4 is 0 Å². The Hall–Kier alpha value is -0.0400. The van der Waals surface area contributed by atoms with Gasteiger partial charge < -0.3 is 5.11 Å². The molecule has 0 aromatic heterocycles. The van der Waals surface area contributed by atoms with Crippen molar-refractivity contribution in [1.29, 1.82) is 0 Å². The molecule has 0 radical (unpaired) electrons. The highest BCUT2D eigenvalue weighted by Gasteiger charge is 2.49. The molecule has 0 heterocycles. The molecule has 0 aliphatic heterocycles. The zero-order valence-electron chi connectivity index (χ0n) is 8.15. The third-order valence-corrected chi connectivity index (χ3v) is 3.49. The molecule has 1 unspecified atom stereocenters. The van der Waals surface area contributed by atoms with E-state index in [0.717, 1.165) is 6.42 Å². The Labute approximate surface area is 69.8 Å². The molecule has 1 saturated carbocycles. The summed E-state index contributed by atoms with van der Waals surface area (Å²) in [5.74, 6) is 0.389. The van der Waals surface area contributed by atoms with Crippen LogP contribution in [0.4, 0.5) is 0 Å². The molecule has 0 amide bonds. The first kappa shape index (κ1) is 9.05. The topological polar surface area (TPSA) is 20.2 Å². The van der Waals surface area contributed by atoms with E-state index in [1.807, 2.05) is 0 Å². The summed E-state index contributed by atoms with van der Waals surface area (Å²) in [6, 6.07) is 0. The van der Waals surface area contributed by atoms with Crippen molar-refractivity contribution in [3.8, 4) is 0 Å². The Morgan fingerprint density at radius 3 is 1.91 bits per heavy atom. The fourth-order valence-corrected chi connectivity index (χ4v) is 2.42. The van der Waals surface area contributed by atoms with E-state index in [1.165, 1.54) is 12.8 Å². The minimum atomic E-state index is -0.410. The van der Waals surface area contributed by atoms with Gasteiger partial charge in [-0.05, 0) is 30.6 Å². The summed E-state index contributed by atoms with van der Waals surface area (Å²) in [4.78, 5) is 0. The first-order valence-electron chi connectivity index (χ1n) is 4.62. The zero-order valence-corrected chi connectivity index (χ0v) is 8.15. The molecule has 1 atom stereocenters. The van der Waals surface area contributed by atoms with Crippen molar-refractivity contribution in [3.05, 3.63) is 0 Å². The SMILES string of the molecule is CC(C)C1(O)CCCC1(C)C. The molecule has 1 fully saturated rings. The largest absolute Gasteiger partial charge is 0.389 e. The Morgan fingerprint density at radius 2 is 1.73 bits per heavy atom. The van der Waals surface area contributed by atoms with Gasteiger partial charge in [0.15, 0.2) is 0 Å². The number of hydrogen-bond acceptors (Lipinski definition) is 1. The maximum Gasteiger partial charge on any atom is 0.0721 e. The van der Waals surface area contributed by atoms with Crippen LogP contribution in [-0.4, -0.2) is 10.7 Å². The predicted molar refractivity (Wildman–Crippen MR) is 47.4 cm³/mol. The first-order chi connectivity index (χ1) is 4.90. The second kappa shape index (κ2) is 2.48. The van der Waals surface area contributed by atoms with Crippen molar-refractivity contribution in [2.24, 2.45) is 11.3 Å². The summed E-state index contributed by atoms with van der Waals surface area (Å²) in [6.45, 7) is 8.60. The molecule has 11 heavy (non-hydrogen) atoms. The molecule has 1 rings (SSSR count). The minimum Gasteiger partial charge on any atom is -0.389 e. The quantitative estimate of drug-likeness (QED) is 0.618. The maximum atomic E-state index is 10.3. The first-order valence-corrected chi connectivity index (χ1v) is 4.62. The molecule has 1 N–H and O–H groups in total. The standard InChI is InChI=1S/C10H20O/c1-8(2)10(11)7-5-6-9(10,3)4/h8,11H,5-7H2,1-4H3. The van der Waals surface area contributed by atoms with Crippen LogP contribution in [-0.2, 0) is 0 Å². The van der Waals surface area contributed by atoms with E-state index in [9.17, 15) is 5.11 Å². The molecule has 1 aliphatic carbocycles. The second-order valence-corrected chi connectivity index (χ2v) is 4.82. The lowest BCUT2D eigenvalue weighted by Crippen LogP contribution is -2.44. The van der Waals surface area contributed by atoms with Gasteiger partial charge >= 0.3 is 0 Å². The highest BCUT2D eigenvalue weighted by Crippen LogP contribution is 2.49. The average Bonchev–Trinajstić information content (AvgIpc) is 2.09. The Bertz CT molecular complexity index is 149. The molecular formula is C10H20O. The predicted octanol–water partition coefficient (Wildman–Crippen LogP) is 2.58. The van der Waals surface area contributed by atoms with Gasteiger partial charge in [0.05, 0.1) is 5.60 Å². The van der Waals surface area contributed by atoms with Crippen molar-refractivity contribution in [2.45, 2.75) is 52.6 Å². The van der Waals surface area contributed by atoms with E-state index in [-0.39, 0.29) is 5.41 Å². The van der Waals surface area contributed by atoms with Gasteiger partial charge in [-0.1, -0.05) is 27.7 Å². The molecular weight excluding hydrogens is 136 g/mol. The number of aliphatic hydroxyl groups is 1. The fraction of sp³-hybridized carbons (Fsp3) is 1.00. The normalized spacial score (nSPS) is 36.5. The third kappa shape index (κ3) is 1.20. The van der Waals surface area contributed by atoms with Gasteiger partial charge in [-0.3, -0.25) is 0 Å². The van der Waals surface area contributed by atoms with Crippen molar-refractivity contribution in [3.63, 3.8) is 0 Å². The molecule has 0 saturated heterocycles. The van der Waals surface area contributed by atoms with Gasteiger partial charge in [-0.15, -0.1) is 0 Å². The van der Waals surface area contributed by atoms with Crippen molar-refractivity contribution >= 4 is 0 Å². The monoisotopic (exact) mass is 156 g/mol. The van der Waals surface area contributed by atoms with Crippen molar-refractivity contribution in [1.82, 2.24) is 0 Å². The van der Waals surface area contributed by atoms with E-state index in [0.29, 0.717) is 5.92 Å². The molecule has 0 aromatic rings. The highest BCUT2D eigenvalue weighted by molar-refractivity contribution is 5.00. The molecule has 1 nitrogen and oxygen atoms in total. The van der Waals surface area contributed by atoms with Crippen LogP contribution in [0.3, 0.4) is 0 Å². The lowest BCUT2D eigenvalue weighted by atomic mass is 9.71. The van der Waals surface area contributed by atoms with E-state index >= 15 is 0 Å². The van der Waals surface area contributed by atoms with Gasteiger partial charge in [0, 0.05) is 0 Å². The highest BCUT2D eigenvalue weighted by atomic mass is 16.3. The Balaban J connectivity index is 2.84. The molecule has 0 bridgehead atoms. The average molecular weight is 156 g/mol. The van der Waals surface area contributed by atoms with Crippen LogP contribution in [0.25, 0.3) is 0 Å². The Morgan fingerprint density at radius 1 is 1.18 bits per heavy atom. The summed E-state index contributed by atoms with van der Waals surface area (Å²) in [7, 11) is 0. The smallest absolute Gasteiger partial charge is 0.0721 e. The van der Waals surface area contributed by atoms with Gasteiger partial charge in [0.25, 0.3) is 0 Å². The Kier molecular flexibility index (Phi) is 2.04. The van der Waals surface area contributed by atoms with Gasteiger partial charge in [0.2, 0.25) is 0 Å². The summed E-state index contributed by atoms with van der Waals surface area (Å²) in [5.41, 5.74) is -0.284. The summed E-state index contributed by atoms with van der Waals surface area (Å²) < 4.78 is 0. The molecule has 66 valence electrons. The van der Waals surface area contributed by atoms with E-state index in [4.69, 9.17) is 0 Å². The molecule has 0 aromatic carbocycles. The van der Waals surface area contributed by atoms with Crippen LogP contribution in [0.2, 0.25) is 0 Å². The van der Waals surface area contributed by atoms with E-state index < -0.39 is 5.60 Å². The van der Waals surface area contributed by atoms with Crippen LogP contribution in [0.5, 0.6) is 0 Å². The summed E-state index contributed by atoms with van der Waals surface area (Å²) >= 11 is 0. The van der Waals surface area contributed by atoms with E-state index in [1.54, 1.807) is 0 Å². The minimum absolute atomic E-state index is 0.126. The molecule has 0 spiro atoms. The van der Waals surface area contributed by atoms with Crippen LogP contribution in [0.15, 0.2) is 0 Å². The van der Waals surface area contributed by atoms with Crippen molar-refractivity contribution in [2.75, 3.05) is 0 Å². The summed E-state index contributed by atoms with van der Waals surface area (Å²) in [5, 5.41) is 10.3. The van der Waals surface area contributed by atoms with Gasteiger partial charge in [0.1, 0.15) is 0 Å². The molecule has 1 aliphatic rings. The third-order valence-electron chi connectivity index (χ3n) is 3.49.